The predicted molar refractivity (Wildman–Crippen MR) is 98.2 cm³/mol. The molecule has 0 spiro atoms. The Morgan fingerprint density at radius 2 is 1.96 bits per heavy atom. The van der Waals surface area contributed by atoms with Gasteiger partial charge < -0.3 is 9.64 Å². The van der Waals surface area contributed by atoms with Crippen LogP contribution in [0.1, 0.15) is 29.2 Å². The van der Waals surface area contributed by atoms with Crippen molar-refractivity contribution in [2.75, 3.05) is 20.7 Å². The third-order valence-corrected chi connectivity index (χ3v) is 4.07. The summed E-state index contributed by atoms with van der Waals surface area (Å²) in [4.78, 5) is 6.68. The Labute approximate surface area is 139 Å². The Kier molecular flexibility index (Phi) is 5.80. The van der Waals surface area contributed by atoms with Crippen molar-refractivity contribution in [2.24, 2.45) is 4.99 Å². The third-order valence-electron chi connectivity index (χ3n) is 4.07. The van der Waals surface area contributed by atoms with Crippen LogP contribution in [0, 0.1) is 13.8 Å². The lowest BCUT2D eigenvalue weighted by Gasteiger charge is -2.13. The van der Waals surface area contributed by atoms with Crippen molar-refractivity contribution in [3.63, 3.8) is 0 Å². The summed E-state index contributed by atoms with van der Waals surface area (Å²) >= 11 is 0. The number of aryl methyl sites for hydroxylation is 1. The summed E-state index contributed by atoms with van der Waals surface area (Å²) in [6.45, 7) is 7.29. The molecule has 0 saturated carbocycles. The van der Waals surface area contributed by atoms with E-state index in [2.05, 4.69) is 61.0 Å². The van der Waals surface area contributed by atoms with Gasteiger partial charge >= 0.3 is 0 Å². The van der Waals surface area contributed by atoms with Crippen LogP contribution in [-0.2, 0) is 6.42 Å². The second kappa shape index (κ2) is 7.82. The summed E-state index contributed by atoms with van der Waals surface area (Å²) in [7, 11) is 3.72. The van der Waals surface area contributed by atoms with Crippen LogP contribution in [0.5, 0.6) is 5.75 Å². The van der Waals surface area contributed by atoms with Crippen LogP contribution < -0.4 is 4.74 Å². The zero-order valence-electron chi connectivity index (χ0n) is 14.8. The van der Waals surface area contributed by atoms with Gasteiger partial charge in [-0.05, 0) is 49.9 Å². The number of methoxy groups -OCH3 is 1. The maximum Gasteiger partial charge on any atom is 0.121 e. The average molecular weight is 310 g/mol. The molecule has 0 aliphatic heterocycles. The highest BCUT2D eigenvalue weighted by molar-refractivity contribution is 5.65. The Morgan fingerprint density at radius 3 is 2.61 bits per heavy atom. The van der Waals surface area contributed by atoms with Crippen LogP contribution >= 0.6 is 0 Å². The first-order chi connectivity index (χ1) is 11.0. The summed E-state index contributed by atoms with van der Waals surface area (Å²) in [5.74, 6) is 0.851. The minimum Gasteiger partial charge on any atom is -0.497 e. The molecular weight excluding hydrogens is 284 g/mol. The molecule has 2 rings (SSSR count). The van der Waals surface area contributed by atoms with Crippen molar-refractivity contribution < 1.29 is 4.74 Å². The maximum atomic E-state index is 5.46. The summed E-state index contributed by atoms with van der Waals surface area (Å²) in [6.07, 6.45) is 2.76. The highest BCUT2D eigenvalue weighted by Gasteiger charge is 2.08. The number of hydrogen-bond acceptors (Lipinski definition) is 2. The summed E-state index contributed by atoms with van der Waals surface area (Å²) in [5, 5.41) is 0. The quantitative estimate of drug-likeness (QED) is 0.579. The molecule has 2 aromatic rings. The van der Waals surface area contributed by atoms with Crippen LogP contribution in [-0.4, -0.2) is 31.9 Å². The molecule has 0 fully saturated rings. The minimum absolute atomic E-state index is 0.851. The molecule has 0 aromatic heterocycles. The highest BCUT2D eigenvalue weighted by Crippen LogP contribution is 2.30. The normalized spacial score (nSPS) is 11.0. The van der Waals surface area contributed by atoms with Crippen molar-refractivity contribution in [1.82, 2.24) is 4.90 Å². The molecule has 23 heavy (non-hydrogen) atoms. The molecule has 0 radical (unpaired) electrons. The van der Waals surface area contributed by atoms with Gasteiger partial charge in [-0.25, -0.2) is 4.99 Å². The maximum absolute atomic E-state index is 5.46. The van der Waals surface area contributed by atoms with E-state index in [-0.39, 0.29) is 0 Å². The summed E-state index contributed by atoms with van der Waals surface area (Å²) in [6, 6.07) is 12.7. The van der Waals surface area contributed by atoms with Crippen LogP contribution in [0.2, 0.25) is 0 Å². The zero-order chi connectivity index (χ0) is 16.8. The van der Waals surface area contributed by atoms with E-state index in [0.29, 0.717) is 0 Å². The van der Waals surface area contributed by atoms with Gasteiger partial charge in [0.05, 0.1) is 19.1 Å². The second-order valence-corrected chi connectivity index (χ2v) is 5.91. The number of ether oxygens (including phenoxy) is 1. The first-order valence-corrected chi connectivity index (χ1v) is 8.01. The number of nitrogens with zero attached hydrogens (tertiary/aromatic N) is 2. The fourth-order valence-electron chi connectivity index (χ4n) is 2.45. The Hall–Kier alpha value is -2.29. The van der Waals surface area contributed by atoms with Gasteiger partial charge in [-0.3, -0.25) is 0 Å². The van der Waals surface area contributed by atoms with Crippen LogP contribution in [0.15, 0.2) is 41.4 Å². The molecule has 3 nitrogen and oxygen atoms in total. The van der Waals surface area contributed by atoms with Gasteiger partial charge in [0.25, 0.3) is 0 Å². The van der Waals surface area contributed by atoms with Crippen molar-refractivity contribution in [1.29, 1.82) is 0 Å². The standard InChI is InChI=1S/C20H26N2O/c1-6-22(4)14-21-20-13-19(23-5)12-18(16(20)3)11-17-9-7-8-15(2)10-17/h7-10,12-14H,6,11H2,1-5H3/b21-14+. The summed E-state index contributed by atoms with van der Waals surface area (Å²) < 4.78 is 5.46. The molecule has 2 aromatic carbocycles. The second-order valence-electron chi connectivity index (χ2n) is 5.91. The van der Waals surface area contributed by atoms with Crippen molar-refractivity contribution in [3.8, 4) is 5.75 Å². The van der Waals surface area contributed by atoms with Crippen LogP contribution in [0.3, 0.4) is 0 Å². The van der Waals surface area contributed by atoms with Crippen LogP contribution in [0.4, 0.5) is 5.69 Å². The number of benzene rings is 2. The van der Waals surface area contributed by atoms with Gasteiger partial charge in [0, 0.05) is 19.7 Å². The molecular formula is C20H26N2O. The third kappa shape index (κ3) is 4.59. The van der Waals surface area contributed by atoms with E-state index in [1.54, 1.807) is 7.11 Å². The first kappa shape index (κ1) is 17.1. The zero-order valence-corrected chi connectivity index (χ0v) is 14.8. The Balaban J connectivity index is 2.37. The lowest BCUT2D eigenvalue weighted by Crippen LogP contribution is -2.14. The average Bonchev–Trinajstić information content (AvgIpc) is 2.55. The SMILES string of the molecule is CCN(C)/C=N/c1cc(OC)cc(Cc2cccc(C)c2)c1C. The predicted octanol–water partition coefficient (Wildman–Crippen LogP) is 4.51. The van der Waals surface area contributed by atoms with Crippen molar-refractivity contribution in [2.45, 2.75) is 27.2 Å². The molecule has 0 saturated heterocycles. The van der Waals surface area contributed by atoms with Crippen molar-refractivity contribution in [3.05, 3.63) is 58.7 Å². The molecule has 122 valence electrons. The molecule has 3 heteroatoms. The van der Waals surface area contributed by atoms with E-state index in [4.69, 9.17) is 4.74 Å². The van der Waals surface area contributed by atoms with Crippen molar-refractivity contribution >= 4 is 12.0 Å². The minimum atomic E-state index is 0.851. The van der Waals surface area contributed by atoms with Gasteiger partial charge in [-0.1, -0.05) is 29.8 Å². The van der Waals surface area contributed by atoms with Crippen LogP contribution in [0.25, 0.3) is 0 Å². The van der Waals surface area contributed by atoms with Gasteiger partial charge in [0.15, 0.2) is 0 Å². The largest absolute Gasteiger partial charge is 0.497 e. The fraction of sp³-hybridized carbons (Fsp3) is 0.350. The van der Waals surface area contributed by atoms with E-state index in [9.17, 15) is 0 Å². The molecule has 0 bridgehead atoms. The first-order valence-electron chi connectivity index (χ1n) is 8.01. The monoisotopic (exact) mass is 310 g/mol. The fourth-order valence-corrected chi connectivity index (χ4v) is 2.45. The molecule has 0 unspecified atom stereocenters. The van der Waals surface area contributed by atoms with E-state index in [0.717, 1.165) is 24.4 Å². The van der Waals surface area contributed by atoms with Gasteiger partial charge in [0.2, 0.25) is 0 Å². The van der Waals surface area contributed by atoms with E-state index in [1.165, 1.54) is 22.3 Å². The number of rotatable bonds is 6. The number of aliphatic imine (C=N–C) groups is 1. The number of hydrogen-bond donors (Lipinski definition) is 0. The molecule has 0 heterocycles. The van der Waals surface area contributed by atoms with E-state index < -0.39 is 0 Å². The smallest absolute Gasteiger partial charge is 0.121 e. The Bertz CT molecular complexity index is 692. The lowest BCUT2D eigenvalue weighted by molar-refractivity contribution is 0.414. The van der Waals surface area contributed by atoms with Gasteiger partial charge in [-0.15, -0.1) is 0 Å². The molecule has 0 amide bonds. The van der Waals surface area contributed by atoms with Gasteiger partial charge in [-0.2, -0.15) is 0 Å². The highest BCUT2D eigenvalue weighted by atomic mass is 16.5. The Morgan fingerprint density at radius 1 is 1.17 bits per heavy atom. The summed E-state index contributed by atoms with van der Waals surface area (Å²) in [5.41, 5.74) is 6.01. The topological polar surface area (TPSA) is 24.8 Å². The lowest BCUT2D eigenvalue weighted by atomic mass is 9.98. The van der Waals surface area contributed by atoms with Gasteiger partial charge in [0.1, 0.15) is 5.75 Å². The molecule has 0 N–H and O–H groups in total. The van der Waals surface area contributed by atoms with E-state index in [1.807, 2.05) is 19.5 Å². The molecule has 0 aliphatic carbocycles. The molecule has 0 aliphatic rings. The molecule has 0 atom stereocenters. The van der Waals surface area contributed by atoms with E-state index >= 15 is 0 Å².